The molecule has 0 saturated carbocycles. The van der Waals surface area contributed by atoms with Gasteiger partial charge < -0.3 is 0 Å². The van der Waals surface area contributed by atoms with E-state index in [1.807, 2.05) is 24.3 Å². The van der Waals surface area contributed by atoms with Gasteiger partial charge in [-0.15, -0.1) is 0 Å². The van der Waals surface area contributed by atoms with Crippen molar-refractivity contribution in [1.82, 2.24) is 4.31 Å². The molecule has 0 saturated heterocycles. The van der Waals surface area contributed by atoms with E-state index in [-0.39, 0.29) is 10.9 Å². The van der Waals surface area contributed by atoms with Gasteiger partial charge in [0.05, 0.1) is 0 Å². The summed E-state index contributed by atoms with van der Waals surface area (Å²) in [6, 6.07) is 11.8. The molecule has 0 spiro atoms. The molecule has 0 N–H and O–H groups in total. The van der Waals surface area contributed by atoms with Gasteiger partial charge in [-0.2, -0.15) is 4.31 Å². The van der Waals surface area contributed by atoms with Gasteiger partial charge in [0.15, 0.2) is 0 Å². The lowest BCUT2D eigenvalue weighted by atomic mass is 9.88. The molecule has 23 heavy (non-hydrogen) atoms. The van der Waals surface area contributed by atoms with Crippen molar-refractivity contribution < 1.29 is 12.8 Å². The minimum atomic E-state index is -3.88. The summed E-state index contributed by atoms with van der Waals surface area (Å²) >= 11 is 0. The number of fused-ring (bicyclic) bond motifs is 1. The first-order valence-electron chi connectivity index (χ1n) is 7.73. The highest BCUT2D eigenvalue weighted by atomic mass is 32.2. The molecule has 1 unspecified atom stereocenters. The van der Waals surface area contributed by atoms with Crippen LogP contribution in [0, 0.1) is 12.7 Å². The maximum atomic E-state index is 14.1. The molecular formula is C18H20FNO2S. The summed E-state index contributed by atoms with van der Waals surface area (Å²) in [5.41, 5.74) is 2.93. The maximum Gasteiger partial charge on any atom is 0.246 e. The molecule has 1 atom stereocenters. The van der Waals surface area contributed by atoms with Crippen LogP contribution in [0.5, 0.6) is 0 Å². The van der Waals surface area contributed by atoms with Crippen LogP contribution >= 0.6 is 0 Å². The number of hydrogen-bond donors (Lipinski definition) is 0. The first-order valence-corrected chi connectivity index (χ1v) is 9.17. The third-order valence-electron chi connectivity index (χ3n) is 4.52. The van der Waals surface area contributed by atoms with E-state index in [4.69, 9.17) is 0 Å². The van der Waals surface area contributed by atoms with Gasteiger partial charge in [-0.3, -0.25) is 0 Å². The highest BCUT2D eigenvalue weighted by molar-refractivity contribution is 7.89. The fourth-order valence-corrected chi connectivity index (χ4v) is 4.75. The zero-order chi connectivity index (χ0) is 16.6. The van der Waals surface area contributed by atoms with Crippen LogP contribution in [0.1, 0.15) is 35.6 Å². The number of aryl methyl sites for hydroxylation is 2. The summed E-state index contributed by atoms with van der Waals surface area (Å²) in [6.45, 7) is 1.76. The second-order valence-corrected chi connectivity index (χ2v) is 8.03. The molecule has 0 bridgehead atoms. The van der Waals surface area contributed by atoms with Crippen LogP contribution in [0.2, 0.25) is 0 Å². The molecule has 0 heterocycles. The summed E-state index contributed by atoms with van der Waals surface area (Å²) in [5, 5.41) is 0. The van der Waals surface area contributed by atoms with Crippen molar-refractivity contribution in [1.29, 1.82) is 0 Å². The summed E-state index contributed by atoms with van der Waals surface area (Å²) in [7, 11) is -2.33. The fraction of sp³-hybridized carbons (Fsp3) is 0.333. The summed E-state index contributed by atoms with van der Waals surface area (Å²) in [5.74, 6) is -0.702. The van der Waals surface area contributed by atoms with E-state index >= 15 is 0 Å². The van der Waals surface area contributed by atoms with Gasteiger partial charge in [0.2, 0.25) is 10.0 Å². The molecule has 0 radical (unpaired) electrons. The zero-order valence-corrected chi connectivity index (χ0v) is 14.1. The van der Waals surface area contributed by atoms with E-state index < -0.39 is 15.8 Å². The van der Waals surface area contributed by atoms with Crippen LogP contribution in [-0.4, -0.2) is 19.8 Å². The molecule has 0 amide bonds. The Balaban J connectivity index is 2.03. The molecular weight excluding hydrogens is 313 g/mol. The van der Waals surface area contributed by atoms with Crippen LogP contribution in [0.15, 0.2) is 47.4 Å². The number of rotatable bonds is 3. The molecule has 122 valence electrons. The standard InChI is InChI=1S/C18H20FNO2S/c1-13-10-11-16(19)18(12-13)23(21,22)20(2)17-9-5-7-14-6-3-4-8-15(14)17/h3-4,6,8,10-12,17H,5,7,9H2,1-2H3. The smallest absolute Gasteiger partial charge is 0.207 e. The minimum Gasteiger partial charge on any atom is -0.207 e. The number of halogens is 1. The van der Waals surface area contributed by atoms with Crippen LogP contribution < -0.4 is 0 Å². The Labute approximate surface area is 136 Å². The Kier molecular flexibility index (Phi) is 4.25. The topological polar surface area (TPSA) is 37.4 Å². The van der Waals surface area contributed by atoms with E-state index in [2.05, 4.69) is 0 Å². The van der Waals surface area contributed by atoms with Gasteiger partial charge in [0.25, 0.3) is 0 Å². The fourth-order valence-electron chi connectivity index (χ4n) is 3.24. The first-order chi connectivity index (χ1) is 10.9. The highest BCUT2D eigenvalue weighted by Crippen LogP contribution is 2.36. The number of benzene rings is 2. The first kappa shape index (κ1) is 16.1. The van der Waals surface area contributed by atoms with Crippen molar-refractivity contribution in [2.45, 2.75) is 37.1 Å². The molecule has 3 rings (SSSR count). The van der Waals surface area contributed by atoms with Gasteiger partial charge in [-0.25, -0.2) is 12.8 Å². The Bertz CT molecular complexity index is 833. The van der Waals surface area contributed by atoms with Gasteiger partial charge in [-0.05, 0) is 55.0 Å². The van der Waals surface area contributed by atoms with Crippen molar-refractivity contribution in [2.75, 3.05) is 7.05 Å². The number of sulfonamides is 1. The molecule has 3 nitrogen and oxygen atoms in total. The van der Waals surface area contributed by atoms with Crippen molar-refractivity contribution in [3.05, 3.63) is 65.0 Å². The SMILES string of the molecule is Cc1ccc(F)c(S(=O)(=O)N(C)C2CCCc3ccccc32)c1. The number of nitrogens with zero attached hydrogens (tertiary/aromatic N) is 1. The van der Waals surface area contributed by atoms with Crippen LogP contribution in [-0.2, 0) is 16.4 Å². The van der Waals surface area contributed by atoms with Gasteiger partial charge in [0, 0.05) is 13.1 Å². The Morgan fingerprint density at radius 2 is 1.91 bits per heavy atom. The number of hydrogen-bond acceptors (Lipinski definition) is 2. The minimum absolute atomic E-state index is 0.245. The largest absolute Gasteiger partial charge is 0.246 e. The lowest BCUT2D eigenvalue weighted by molar-refractivity contribution is 0.336. The van der Waals surface area contributed by atoms with Crippen LogP contribution in [0.3, 0.4) is 0 Å². The second kappa shape index (κ2) is 6.06. The Morgan fingerprint density at radius 3 is 2.70 bits per heavy atom. The predicted molar refractivity (Wildman–Crippen MR) is 88.2 cm³/mol. The summed E-state index contributed by atoms with van der Waals surface area (Å²) in [4.78, 5) is -0.247. The van der Waals surface area contributed by atoms with E-state index in [1.54, 1.807) is 20.0 Å². The second-order valence-electron chi connectivity index (χ2n) is 6.06. The van der Waals surface area contributed by atoms with E-state index in [1.165, 1.54) is 22.0 Å². The molecule has 0 fully saturated rings. The highest BCUT2D eigenvalue weighted by Gasteiger charge is 2.33. The molecule has 2 aromatic rings. The van der Waals surface area contributed by atoms with Crippen LogP contribution in [0.25, 0.3) is 0 Å². The molecule has 1 aliphatic carbocycles. The molecule has 5 heteroatoms. The Morgan fingerprint density at radius 1 is 1.17 bits per heavy atom. The lowest BCUT2D eigenvalue weighted by Gasteiger charge is -2.32. The van der Waals surface area contributed by atoms with Crippen molar-refractivity contribution in [3.8, 4) is 0 Å². The average Bonchev–Trinajstić information content (AvgIpc) is 2.55. The van der Waals surface area contributed by atoms with Crippen molar-refractivity contribution >= 4 is 10.0 Å². The quantitative estimate of drug-likeness (QED) is 0.856. The van der Waals surface area contributed by atoms with E-state index in [9.17, 15) is 12.8 Å². The molecule has 1 aliphatic rings. The third kappa shape index (κ3) is 2.91. The summed E-state index contributed by atoms with van der Waals surface area (Å²) < 4.78 is 41.2. The van der Waals surface area contributed by atoms with Crippen molar-refractivity contribution in [3.63, 3.8) is 0 Å². The van der Waals surface area contributed by atoms with Gasteiger partial charge >= 0.3 is 0 Å². The van der Waals surface area contributed by atoms with E-state index in [0.29, 0.717) is 0 Å². The van der Waals surface area contributed by atoms with Crippen LogP contribution in [0.4, 0.5) is 4.39 Å². The lowest BCUT2D eigenvalue weighted by Crippen LogP contribution is -2.33. The van der Waals surface area contributed by atoms with Gasteiger partial charge in [-0.1, -0.05) is 30.3 Å². The molecule has 0 aromatic heterocycles. The molecule has 0 aliphatic heterocycles. The average molecular weight is 333 g/mol. The normalized spacial score (nSPS) is 18.0. The maximum absolute atomic E-state index is 14.1. The summed E-state index contributed by atoms with van der Waals surface area (Å²) in [6.07, 6.45) is 2.64. The zero-order valence-electron chi connectivity index (χ0n) is 13.3. The molecule has 2 aromatic carbocycles. The monoisotopic (exact) mass is 333 g/mol. The predicted octanol–water partition coefficient (Wildman–Crippen LogP) is 3.83. The van der Waals surface area contributed by atoms with Gasteiger partial charge in [0.1, 0.15) is 10.7 Å². The third-order valence-corrected chi connectivity index (χ3v) is 6.40. The van der Waals surface area contributed by atoms with E-state index in [0.717, 1.165) is 30.4 Å². The van der Waals surface area contributed by atoms with Crippen molar-refractivity contribution in [2.24, 2.45) is 0 Å². The Hall–Kier alpha value is -1.72.